The largest absolute Gasteiger partial charge is 0.309 e. The molecule has 7 aromatic heterocycles. The first-order chi connectivity index (χ1) is 61.2. The highest BCUT2D eigenvalue weighted by Gasteiger charge is 2.36. The van der Waals surface area contributed by atoms with E-state index >= 15 is 0 Å². The van der Waals surface area contributed by atoms with Crippen LogP contribution >= 0.6 is 22.7 Å². The molecule has 0 bridgehead atoms. The zero-order valence-electron chi connectivity index (χ0n) is 67.6. The Balaban J connectivity index is 0.000000140. The third-order valence-electron chi connectivity index (χ3n) is 25.1. The Labute approximate surface area is 723 Å². The summed E-state index contributed by atoms with van der Waals surface area (Å²) in [7, 11) is 0. The molecule has 7 nitrogen and oxygen atoms in total. The number of rotatable bonds is 11. The highest BCUT2D eigenvalue weighted by molar-refractivity contribution is 7.26. The predicted molar refractivity (Wildman–Crippen MR) is 522 cm³/mol. The summed E-state index contributed by atoms with van der Waals surface area (Å²) in [5, 5.41) is 14.8. The minimum absolute atomic E-state index is 0.0529. The van der Waals surface area contributed by atoms with Crippen molar-refractivity contribution < 1.29 is 0 Å². The molecule has 0 unspecified atom stereocenters. The van der Waals surface area contributed by atoms with Gasteiger partial charge in [0.05, 0.1) is 56.2 Å². The summed E-state index contributed by atoms with van der Waals surface area (Å²) in [4.78, 5) is 31.5. The van der Waals surface area contributed by atoms with E-state index in [-0.39, 0.29) is 5.41 Å². The Morgan fingerprint density at radius 2 is 0.597 bits per heavy atom. The third-order valence-corrected chi connectivity index (χ3v) is 27.4. The van der Waals surface area contributed by atoms with Gasteiger partial charge in [0.25, 0.3) is 0 Å². The number of nitrogens with zero attached hydrogens (tertiary/aromatic N) is 7. The number of hydrogen-bond donors (Lipinski definition) is 0. The standard InChI is InChI=1S/C59H36N4S.C56H37N3S/c1-4-14-39(15-5-1)58-47-31-33-55-57(46-21-11-13-23-54(46)64-55)56(47)45-30-28-41(35-51(45)60-58)37-24-26-38(27-25-37)49-36-50(62-59(61-49)40-16-6-2-7-17-40)42-29-32-53-48(34-42)44-20-10-12-22-52(44)63(53)43-18-8-3-9-19-43;1-56(2)45-19-11-9-17-40(45)44-31-39(26-29-46(44)56)48-33-47(58-55(59-48)37-15-7-4-8-16-37)35-23-21-34(22-24-35)38-25-27-41-49(32-38)57-54(36-13-5-3-6-14-36)43-28-30-51-53(52(41)43)42-18-10-12-20-50(42)60-51/h1-36H;3-33H,1-2H3. The van der Waals surface area contributed by atoms with Crippen molar-refractivity contribution in [2.45, 2.75) is 19.3 Å². The van der Waals surface area contributed by atoms with Crippen LogP contribution in [0, 0.1) is 0 Å². The van der Waals surface area contributed by atoms with Crippen LogP contribution in [0.1, 0.15) is 25.0 Å². The molecule has 0 fully saturated rings. The van der Waals surface area contributed by atoms with E-state index in [1.54, 1.807) is 0 Å². The molecule has 0 aliphatic heterocycles. The van der Waals surface area contributed by atoms with Crippen LogP contribution in [0.15, 0.2) is 406 Å². The maximum absolute atomic E-state index is 5.41. The summed E-state index contributed by atoms with van der Waals surface area (Å²) >= 11 is 3.71. The molecule has 0 N–H and O–H groups in total. The molecule has 0 amide bonds. The summed E-state index contributed by atoms with van der Waals surface area (Å²) in [6.45, 7) is 4.64. The quantitative estimate of drug-likeness (QED) is 0.120. The molecule has 0 saturated carbocycles. The number of aromatic nitrogens is 7. The van der Waals surface area contributed by atoms with Crippen molar-refractivity contribution in [1.29, 1.82) is 0 Å². The van der Waals surface area contributed by atoms with Gasteiger partial charge in [-0.2, -0.15) is 0 Å². The zero-order valence-corrected chi connectivity index (χ0v) is 69.3. The van der Waals surface area contributed by atoms with Gasteiger partial charge in [-0.25, -0.2) is 29.9 Å². The van der Waals surface area contributed by atoms with E-state index in [1.165, 1.54) is 106 Å². The highest BCUT2D eigenvalue weighted by atomic mass is 32.1. The lowest BCUT2D eigenvalue weighted by molar-refractivity contribution is 0.660. The minimum atomic E-state index is -0.0529. The number of pyridine rings is 2. The van der Waals surface area contributed by atoms with Crippen LogP contribution in [0.5, 0.6) is 0 Å². The molecular formula is C115H73N7S2. The molecule has 7 heterocycles. The normalized spacial score (nSPS) is 12.3. The molecular weight excluding hydrogens is 1540 g/mol. The minimum Gasteiger partial charge on any atom is -0.309 e. The molecule has 17 aromatic carbocycles. The van der Waals surface area contributed by atoms with E-state index in [0.717, 1.165) is 129 Å². The summed E-state index contributed by atoms with van der Waals surface area (Å²) in [5.41, 5.74) is 29.1. The maximum atomic E-state index is 5.41. The molecule has 580 valence electrons. The van der Waals surface area contributed by atoms with Crippen LogP contribution in [0.2, 0.25) is 0 Å². The third kappa shape index (κ3) is 12.3. The van der Waals surface area contributed by atoms with Crippen LogP contribution in [-0.4, -0.2) is 34.5 Å². The lowest BCUT2D eigenvalue weighted by Gasteiger charge is -2.21. The van der Waals surface area contributed by atoms with E-state index < -0.39 is 0 Å². The molecule has 124 heavy (non-hydrogen) atoms. The van der Waals surface area contributed by atoms with Crippen LogP contribution < -0.4 is 0 Å². The Bertz CT molecular complexity index is 8410. The molecule has 25 rings (SSSR count). The van der Waals surface area contributed by atoms with Crippen molar-refractivity contribution in [3.8, 4) is 129 Å². The van der Waals surface area contributed by atoms with Crippen molar-refractivity contribution in [3.63, 3.8) is 0 Å². The summed E-state index contributed by atoms with van der Waals surface area (Å²) < 4.78 is 7.53. The number of para-hydroxylation sites is 2. The monoisotopic (exact) mass is 1620 g/mol. The van der Waals surface area contributed by atoms with E-state index in [2.05, 4.69) is 388 Å². The number of fused-ring (bicyclic) bond motifs is 20. The fraction of sp³-hybridized carbons (Fsp3) is 0.0261. The second-order valence-electron chi connectivity index (χ2n) is 32.7. The van der Waals surface area contributed by atoms with Crippen LogP contribution in [0.4, 0.5) is 0 Å². The van der Waals surface area contributed by atoms with Crippen molar-refractivity contribution in [2.75, 3.05) is 0 Å². The fourth-order valence-corrected chi connectivity index (χ4v) is 21.3. The number of benzene rings is 17. The molecule has 1 aliphatic carbocycles. The first-order valence-electron chi connectivity index (χ1n) is 42.1. The van der Waals surface area contributed by atoms with Crippen molar-refractivity contribution in [1.82, 2.24) is 34.5 Å². The van der Waals surface area contributed by atoms with E-state index in [0.29, 0.717) is 11.6 Å². The molecule has 0 spiro atoms. The lowest BCUT2D eigenvalue weighted by Crippen LogP contribution is -2.14. The van der Waals surface area contributed by atoms with E-state index in [9.17, 15) is 0 Å². The van der Waals surface area contributed by atoms with Gasteiger partial charge in [-0.3, -0.25) is 0 Å². The van der Waals surface area contributed by atoms with Gasteiger partial charge >= 0.3 is 0 Å². The molecule has 0 radical (unpaired) electrons. The van der Waals surface area contributed by atoms with Gasteiger partial charge in [-0.1, -0.05) is 335 Å². The Morgan fingerprint density at radius 3 is 1.11 bits per heavy atom. The fourth-order valence-electron chi connectivity index (χ4n) is 19.1. The zero-order chi connectivity index (χ0) is 82.1. The lowest BCUT2D eigenvalue weighted by atomic mass is 9.82. The second kappa shape index (κ2) is 29.4. The topological polar surface area (TPSA) is 82.3 Å². The molecule has 9 heteroatoms. The van der Waals surface area contributed by atoms with Crippen molar-refractivity contribution >= 4 is 128 Å². The smallest absolute Gasteiger partial charge is 0.160 e. The Hall–Kier alpha value is -15.5. The van der Waals surface area contributed by atoms with Gasteiger partial charge in [0.15, 0.2) is 11.6 Å². The summed E-state index contributed by atoms with van der Waals surface area (Å²) in [6.07, 6.45) is 0. The maximum Gasteiger partial charge on any atom is 0.160 e. The number of hydrogen-bond acceptors (Lipinski definition) is 8. The van der Waals surface area contributed by atoms with Crippen molar-refractivity contribution in [2.24, 2.45) is 0 Å². The summed E-state index contributed by atoms with van der Waals surface area (Å²) in [6, 6.07) is 145. The van der Waals surface area contributed by atoms with Gasteiger partial charge in [0.1, 0.15) is 0 Å². The molecule has 0 saturated heterocycles. The van der Waals surface area contributed by atoms with Crippen LogP contribution in [0.25, 0.3) is 235 Å². The average Bonchev–Trinajstić information content (AvgIpc) is 1.36. The first kappa shape index (κ1) is 72.5. The van der Waals surface area contributed by atoms with Crippen LogP contribution in [-0.2, 0) is 5.41 Å². The molecule has 1 aliphatic rings. The van der Waals surface area contributed by atoms with Gasteiger partial charge in [0, 0.05) is 139 Å². The van der Waals surface area contributed by atoms with Gasteiger partial charge < -0.3 is 4.57 Å². The predicted octanol–water partition coefficient (Wildman–Crippen LogP) is 31.2. The summed E-state index contributed by atoms with van der Waals surface area (Å²) in [5.74, 6) is 1.40. The van der Waals surface area contributed by atoms with E-state index in [4.69, 9.17) is 29.9 Å². The van der Waals surface area contributed by atoms with Crippen LogP contribution in [0.3, 0.4) is 0 Å². The Kier molecular flexibility index (Phi) is 17.2. The average molecular weight is 1620 g/mol. The van der Waals surface area contributed by atoms with Gasteiger partial charge in [-0.05, 0) is 129 Å². The van der Waals surface area contributed by atoms with Crippen molar-refractivity contribution in [3.05, 3.63) is 418 Å². The highest BCUT2D eigenvalue weighted by Crippen LogP contribution is 2.52. The van der Waals surface area contributed by atoms with E-state index in [1.807, 2.05) is 59.1 Å². The SMILES string of the molecule is CC1(C)c2ccccc2-c2cc(-c3cc(-c4ccc(-c5ccc6c(c5)nc(-c5ccccc5)c5ccc7sc8ccccc8c7c56)cc4)nc(-c4ccccc4)n3)ccc21.c1ccc(-c2nc(-c3ccc(-c4ccc5c(c4)nc(-c4ccccc4)c4ccc6sc7ccccc7c6c45)cc3)cc(-c3ccc4c(c3)c3ccccc3n4-c3ccccc3)n2)cc1. The molecule has 0 atom stereocenters. The second-order valence-corrected chi connectivity index (χ2v) is 34.9. The number of thiophene rings is 2. The Morgan fingerprint density at radius 1 is 0.218 bits per heavy atom. The van der Waals surface area contributed by atoms with Gasteiger partial charge in [-0.15, -0.1) is 22.7 Å². The van der Waals surface area contributed by atoms with Gasteiger partial charge in [0.2, 0.25) is 0 Å². The first-order valence-corrected chi connectivity index (χ1v) is 43.7. The molecule has 24 aromatic rings.